The van der Waals surface area contributed by atoms with Crippen LogP contribution in [0.1, 0.15) is 33.5 Å². The molecule has 2 aromatic rings. The maximum Gasteiger partial charge on any atom is 0.355 e. The third kappa shape index (κ3) is 2.42. The number of hydrogen-bond acceptors (Lipinski definition) is 3. The van der Waals surface area contributed by atoms with Gasteiger partial charge in [0, 0.05) is 5.56 Å². The van der Waals surface area contributed by atoms with Gasteiger partial charge in [0.2, 0.25) is 0 Å². The summed E-state index contributed by atoms with van der Waals surface area (Å²) in [6.07, 6.45) is 0.720. The van der Waals surface area contributed by atoms with Gasteiger partial charge < -0.3 is 9.72 Å². The summed E-state index contributed by atoms with van der Waals surface area (Å²) in [5.41, 5.74) is 3.11. The lowest BCUT2D eigenvalue weighted by Gasteiger charge is -2.02. The van der Waals surface area contributed by atoms with Gasteiger partial charge in [0.15, 0.2) is 6.29 Å². The van der Waals surface area contributed by atoms with E-state index in [9.17, 15) is 9.59 Å². The third-order valence-electron chi connectivity index (χ3n) is 2.94. The van der Waals surface area contributed by atoms with E-state index in [1.807, 2.05) is 30.3 Å². The molecule has 0 aliphatic carbocycles. The van der Waals surface area contributed by atoms with Crippen LogP contribution in [-0.2, 0) is 4.74 Å². The summed E-state index contributed by atoms with van der Waals surface area (Å²) in [7, 11) is 0. The Labute approximate surface area is 111 Å². The lowest BCUT2D eigenvalue weighted by atomic mass is 10.0. The molecule has 4 heteroatoms. The van der Waals surface area contributed by atoms with Crippen LogP contribution < -0.4 is 0 Å². The number of carbonyl (C=O) groups is 2. The summed E-state index contributed by atoms with van der Waals surface area (Å²) < 4.78 is 4.97. The van der Waals surface area contributed by atoms with Crippen molar-refractivity contribution in [2.45, 2.75) is 13.8 Å². The molecule has 0 aliphatic heterocycles. The van der Waals surface area contributed by atoms with E-state index < -0.39 is 5.97 Å². The molecule has 0 fully saturated rings. The molecule has 0 saturated carbocycles. The van der Waals surface area contributed by atoms with Crippen LogP contribution in [0.3, 0.4) is 0 Å². The monoisotopic (exact) mass is 257 g/mol. The molecule has 4 nitrogen and oxygen atoms in total. The Balaban J connectivity index is 2.55. The van der Waals surface area contributed by atoms with Crippen LogP contribution in [0.5, 0.6) is 0 Å². The number of H-pyrrole nitrogens is 1. The van der Waals surface area contributed by atoms with Crippen molar-refractivity contribution in [2.75, 3.05) is 6.61 Å². The maximum atomic E-state index is 11.8. The zero-order chi connectivity index (χ0) is 13.8. The molecule has 0 spiro atoms. The minimum absolute atomic E-state index is 0.300. The second kappa shape index (κ2) is 5.52. The first-order valence-electron chi connectivity index (χ1n) is 6.09. The Morgan fingerprint density at radius 3 is 2.58 bits per heavy atom. The fraction of sp³-hybridized carbons (Fsp3) is 0.200. The van der Waals surface area contributed by atoms with Crippen LogP contribution in [0, 0.1) is 6.92 Å². The highest BCUT2D eigenvalue weighted by Crippen LogP contribution is 2.29. The lowest BCUT2D eigenvalue weighted by molar-refractivity contribution is 0.0519. The number of aldehydes is 1. The number of hydrogen-bond donors (Lipinski definition) is 1. The van der Waals surface area contributed by atoms with Crippen molar-refractivity contribution in [1.29, 1.82) is 0 Å². The van der Waals surface area contributed by atoms with Crippen LogP contribution in [0.4, 0.5) is 0 Å². The highest BCUT2D eigenvalue weighted by molar-refractivity contribution is 5.97. The summed E-state index contributed by atoms with van der Waals surface area (Å²) in [5.74, 6) is -0.440. The minimum Gasteiger partial charge on any atom is -0.461 e. The van der Waals surface area contributed by atoms with E-state index in [1.165, 1.54) is 0 Å². The summed E-state index contributed by atoms with van der Waals surface area (Å²) in [6.45, 7) is 3.85. The molecule has 0 unspecified atom stereocenters. The van der Waals surface area contributed by atoms with Crippen LogP contribution in [-0.4, -0.2) is 23.8 Å². The van der Waals surface area contributed by atoms with Crippen molar-refractivity contribution < 1.29 is 14.3 Å². The number of esters is 1. The predicted molar refractivity (Wildman–Crippen MR) is 72.3 cm³/mol. The van der Waals surface area contributed by atoms with Crippen LogP contribution in [0.25, 0.3) is 11.1 Å². The van der Waals surface area contributed by atoms with E-state index in [0.29, 0.717) is 18.0 Å². The van der Waals surface area contributed by atoms with E-state index in [-0.39, 0.29) is 0 Å². The van der Waals surface area contributed by atoms with Gasteiger partial charge in [0.1, 0.15) is 5.69 Å². The van der Waals surface area contributed by atoms with Crippen molar-refractivity contribution in [2.24, 2.45) is 0 Å². The predicted octanol–water partition coefficient (Wildman–Crippen LogP) is 2.98. The number of rotatable bonds is 4. The average molecular weight is 257 g/mol. The molecule has 1 aromatic carbocycles. The summed E-state index contributed by atoms with van der Waals surface area (Å²) >= 11 is 0. The fourth-order valence-corrected chi connectivity index (χ4v) is 2.09. The molecule has 0 aliphatic rings. The molecule has 98 valence electrons. The normalized spacial score (nSPS) is 10.2. The number of aromatic nitrogens is 1. The first-order chi connectivity index (χ1) is 9.19. The van der Waals surface area contributed by atoms with Gasteiger partial charge in [-0.25, -0.2) is 4.79 Å². The van der Waals surface area contributed by atoms with Crippen molar-refractivity contribution in [3.63, 3.8) is 0 Å². The summed E-state index contributed by atoms with van der Waals surface area (Å²) in [5, 5.41) is 0. The molecule has 0 saturated heterocycles. The van der Waals surface area contributed by atoms with E-state index in [0.717, 1.165) is 23.0 Å². The fourth-order valence-electron chi connectivity index (χ4n) is 2.09. The number of ether oxygens (including phenoxy) is 1. The molecule has 19 heavy (non-hydrogen) atoms. The molecular weight excluding hydrogens is 242 g/mol. The van der Waals surface area contributed by atoms with Crippen LogP contribution >= 0.6 is 0 Å². The summed E-state index contributed by atoms with van der Waals surface area (Å²) in [6, 6.07) is 9.48. The van der Waals surface area contributed by atoms with E-state index in [1.54, 1.807) is 13.8 Å². The summed E-state index contributed by atoms with van der Waals surface area (Å²) in [4.78, 5) is 25.8. The third-order valence-corrected chi connectivity index (χ3v) is 2.94. The Hall–Kier alpha value is -2.36. The first-order valence-corrected chi connectivity index (χ1v) is 6.09. The molecular formula is C15H15NO3. The van der Waals surface area contributed by atoms with Crippen molar-refractivity contribution in [3.8, 4) is 11.1 Å². The van der Waals surface area contributed by atoms with E-state index in [2.05, 4.69) is 4.98 Å². The number of aromatic amines is 1. The van der Waals surface area contributed by atoms with Gasteiger partial charge in [-0.05, 0) is 25.0 Å². The first kappa shape index (κ1) is 13.1. The van der Waals surface area contributed by atoms with Gasteiger partial charge in [-0.1, -0.05) is 30.3 Å². The van der Waals surface area contributed by atoms with Gasteiger partial charge in [0.05, 0.1) is 12.3 Å². The van der Waals surface area contributed by atoms with Crippen LogP contribution in [0.15, 0.2) is 30.3 Å². The minimum atomic E-state index is -0.440. The Bertz CT molecular complexity index is 599. The second-order valence-corrected chi connectivity index (χ2v) is 4.12. The Kier molecular flexibility index (Phi) is 3.80. The lowest BCUT2D eigenvalue weighted by Crippen LogP contribution is -2.06. The van der Waals surface area contributed by atoms with Gasteiger partial charge in [-0.15, -0.1) is 0 Å². The standard InChI is InChI=1S/C15H15NO3/c1-3-19-15(18)14-10(2)13(12(9-17)16-14)11-7-5-4-6-8-11/h4-9,16H,3H2,1-2H3. The molecule has 0 bridgehead atoms. The van der Waals surface area contributed by atoms with Crippen LogP contribution in [0.2, 0.25) is 0 Å². The van der Waals surface area contributed by atoms with Crippen molar-refractivity contribution >= 4 is 12.3 Å². The largest absolute Gasteiger partial charge is 0.461 e. The molecule has 0 amide bonds. The smallest absolute Gasteiger partial charge is 0.355 e. The zero-order valence-electron chi connectivity index (χ0n) is 10.9. The highest BCUT2D eigenvalue weighted by atomic mass is 16.5. The molecule has 2 rings (SSSR count). The Morgan fingerprint density at radius 1 is 1.32 bits per heavy atom. The molecule has 0 radical (unpaired) electrons. The van der Waals surface area contributed by atoms with Crippen molar-refractivity contribution in [1.82, 2.24) is 4.98 Å². The second-order valence-electron chi connectivity index (χ2n) is 4.12. The van der Waals surface area contributed by atoms with Gasteiger partial charge >= 0.3 is 5.97 Å². The number of carbonyl (C=O) groups excluding carboxylic acids is 2. The molecule has 0 atom stereocenters. The molecule has 1 N–H and O–H groups in total. The zero-order valence-corrected chi connectivity index (χ0v) is 10.9. The SMILES string of the molecule is CCOC(=O)c1[nH]c(C=O)c(-c2ccccc2)c1C. The topological polar surface area (TPSA) is 59.2 Å². The maximum absolute atomic E-state index is 11.8. The Morgan fingerprint density at radius 2 is 2.00 bits per heavy atom. The van der Waals surface area contributed by atoms with Gasteiger partial charge in [-0.3, -0.25) is 4.79 Å². The van der Waals surface area contributed by atoms with Gasteiger partial charge in [-0.2, -0.15) is 0 Å². The number of nitrogens with one attached hydrogen (secondary N) is 1. The molecule has 1 heterocycles. The van der Waals surface area contributed by atoms with Gasteiger partial charge in [0.25, 0.3) is 0 Å². The highest BCUT2D eigenvalue weighted by Gasteiger charge is 2.20. The van der Waals surface area contributed by atoms with E-state index in [4.69, 9.17) is 4.74 Å². The quantitative estimate of drug-likeness (QED) is 0.676. The average Bonchev–Trinajstić information content (AvgIpc) is 2.77. The number of benzene rings is 1. The molecule has 1 aromatic heterocycles. The van der Waals surface area contributed by atoms with Crippen molar-refractivity contribution in [3.05, 3.63) is 47.3 Å². The van der Waals surface area contributed by atoms with E-state index >= 15 is 0 Å².